The molecule has 11 nitrogen and oxygen atoms in total. The quantitative estimate of drug-likeness (QED) is 0.262. The van der Waals surface area contributed by atoms with Crippen molar-refractivity contribution in [3.63, 3.8) is 0 Å². The number of rotatable bonds is 2. The van der Waals surface area contributed by atoms with Crippen LogP contribution in [0.15, 0.2) is 40.9 Å². The molecule has 0 radical (unpaired) electrons. The number of Topliss-reactive ketones (excluding diaryl/α,β-unsaturated/α-hetero) is 2. The Morgan fingerprint density at radius 3 is 2.27 bits per heavy atom. The van der Waals surface area contributed by atoms with Crippen LogP contribution in [0.3, 0.4) is 0 Å². The smallest absolute Gasteiger partial charge is 0.255 e. The number of likely N-dealkylation sites (N-methyl/N-ethyl adjacent to an activating group) is 1. The first kappa shape index (κ1) is 22.9. The Hall–Kier alpha value is -3.25. The Balaban J connectivity index is 2.10. The Morgan fingerprint density at radius 1 is 1.12 bits per heavy atom. The largest absolute Gasteiger partial charge is 0.510 e. The van der Waals surface area contributed by atoms with Crippen LogP contribution < -0.4 is 5.73 Å². The molecule has 0 aromatic heterocycles. The van der Waals surface area contributed by atoms with Crippen LogP contribution in [0.5, 0.6) is 5.75 Å². The van der Waals surface area contributed by atoms with Crippen molar-refractivity contribution in [2.24, 2.45) is 17.6 Å². The molecular weight excluding hydrogens is 436 g/mol. The first-order valence-electron chi connectivity index (χ1n) is 10.1. The van der Waals surface area contributed by atoms with Crippen LogP contribution in [0.1, 0.15) is 22.8 Å². The van der Waals surface area contributed by atoms with E-state index < -0.39 is 81.1 Å². The molecule has 6 atom stereocenters. The highest BCUT2D eigenvalue weighted by Crippen LogP contribution is 2.56. The summed E-state index contributed by atoms with van der Waals surface area (Å²) in [6.45, 7) is 1.25. The number of primary amides is 1. The van der Waals surface area contributed by atoms with Gasteiger partial charge in [-0.25, -0.2) is 0 Å². The fourth-order valence-corrected chi connectivity index (χ4v) is 5.60. The number of ketones is 2. The van der Waals surface area contributed by atoms with Gasteiger partial charge in [-0.15, -0.1) is 0 Å². The molecule has 0 saturated carbocycles. The predicted octanol–water partition coefficient (Wildman–Crippen LogP) is -1.24. The molecular formula is C22H24N2O9. The first-order chi connectivity index (χ1) is 15.2. The second-order valence-electron chi connectivity index (χ2n) is 9.06. The van der Waals surface area contributed by atoms with E-state index in [9.17, 15) is 45.0 Å². The summed E-state index contributed by atoms with van der Waals surface area (Å²) in [5.74, 6) is -9.66. The number of hydrogen-bond acceptors (Lipinski definition) is 10. The van der Waals surface area contributed by atoms with Crippen molar-refractivity contribution < 1.29 is 45.0 Å². The number of hydrogen-bond donors (Lipinski definition) is 7. The van der Waals surface area contributed by atoms with Crippen LogP contribution in [0.2, 0.25) is 0 Å². The van der Waals surface area contributed by atoms with Gasteiger partial charge in [0.1, 0.15) is 22.8 Å². The van der Waals surface area contributed by atoms with Gasteiger partial charge in [0.2, 0.25) is 5.78 Å². The number of carbonyl (C=O) groups excluding carboxylic acids is 3. The SMILES string of the molecule is CN(C)[C@@H]1C(O)=C(C(N)=O)C(=O)[C@]2(O)C(O)=C3C(=O)c4c(O)cccc4[C@@](C)(O)[C@H]3[C@H](O)[C@@H]12. The van der Waals surface area contributed by atoms with E-state index in [1.807, 2.05) is 0 Å². The minimum Gasteiger partial charge on any atom is -0.510 e. The van der Waals surface area contributed by atoms with Crippen molar-refractivity contribution in [2.75, 3.05) is 14.1 Å². The highest BCUT2D eigenvalue weighted by Gasteiger charge is 2.69. The van der Waals surface area contributed by atoms with Crippen LogP contribution in [-0.2, 0) is 15.2 Å². The maximum Gasteiger partial charge on any atom is 0.255 e. The fraction of sp³-hybridized carbons (Fsp3) is 0.409. The van der Waals surface area contributed by atoms with Gasteiger partial charge in [0.05, 0.1) is 40.7 Å². The monoisotopic (exact) mass is 460 g/mol. The molecule has 0 aliphatic heterocycles. The fourth-order valence-electron chi connectivity index (χ4n) is 5.60. The normalized spacial score (nSPS) is 36.0. The van der Waals surface area contributed by atoms with E-state index in [2.05, 4.69) is 0 Å². The third-order valence-electron chi connectivity index (χ3n) is 7.04. The Bertz CT molecular complexity index is 1180. The minimum atomic E-state index is -3.02. The summed E-state index contributed by atoms with van der Waals surface area (Å²) in [5.41, 5.74) is -1.88. The molecule has 8 N–H and O–H groups in total. The summed E-state index contributed by atoms with van der Waals surface area (Å²) < 4.78 is 0. The molecule has 1 aromatic rings. The molecule has 4 rings (SSSR count). The summed E-state index contributed by atoms with van der Waals surface area (Å²) in [5, 5.41) is 66.5. The Morgan fingerprint density at radius 2 is 1.73 bits per heavy atom. The lowest BCUT2D eigenvalue weighted by atomic mass is 9.54. The van der Waals surface area contributed by atoms with Gasteiger partial charge in [-0.2, -0.15) is 0 Å². The van der Waals surface area contributed by atoms with E-state index in [1.54, 1.807) is 0 Å². The summed E-state index contributed by atoms with van der Waals surface area (Å²) >= 11 is 0. The molecule has 0 spiro atoms. The number of amides is 1. The van der Waals surface area contributed by atoms with Crippen molar-refractivity contribution in [3.05, 3.63) is 52.0 Å². The topological polar surface area (TPSA) is 202 Å². The van der Waals surface area contributed by atoms with E-state index in [-0.39, 0.29) is 11.1 Å². The van der Waals surface area contributed by atoms with Crippen LogP contribution in [0.25, 0.3) is 0 Å². The lowest BCUT2D eigenvalue weighted by molar-refractivity contribution is -0.173. The van der Waals surface area contributed by atoms with Crippen LogP contribution in [-0.4, -0.2) is 84.9 Å². The average Bonchev–Trinajstić information content (AvgIpc) is 2.70. The van der Waals surface area contributed by atoms with Crippen molar-refractivity contribution in [2.45, 2.75) is 30.3 Å². The number of nitrogens with zero attached hydrogens (tertiary/aromatic N) is 1. The van der Waals surface area contributed by atoms with E-state index in [1.165, 1.54) is 44.1 Å². The van der Waals surface area contributed by atoms with Crippen molar-refractivity contribution in [1.82, 2.24) is 4.90 Å². The zero-order valence-corrected chi connectivity index (χ0v) is 18.0. The van der Waals surface area contributed by atoms with Gasteiger partial charge in [0, 0.05) is 0 Å². The van der Waals surface area contributed by atoms with Crippen molar-refractivity contribution in [1.29, 1.82) is 0 Å². The third kappa shape index (κ3) is 2.61. The zero-order chi connectivity index (χ0) is 24.8. The standard InChI is InChI=1S/C22H24N2O9/c1-21(32)7-5-4-6-8(25)9(7)15(26)10-12(21)17(28)13-14(24(2)3)16(27)11(20(23)31)19(30)22(13,33)18(10)29/h4-6,12-14,17,25,27-29,32-33H,1-3H3,(H2,23,31)/t12-,13-,14+,17+,21-,22-/m1/s1. The number of aliphatic hydroxyl groups is 5. The van der Waals surface area contributed by atoms with Gasteiger partial charge in [0.15, 0.2) is 11.4 Å². The molecule has 1 amide bonds. The zero-order valence-electron chi connectivity index (χ0n) is 18.0. The van der Waals surface area contributed by atoms with Crippen LogP contribution >= 0.6 is 0 Å². The molecule has 0 unspecified atom stereocenters. The molecule has 0 heterocycles. The molecule has 176 valence electrons. The van der Waals surface area contributed by atoms with E-state index in [0.717, 1.165) is 0 Å². The van der Waals surface area contributed by atoms with Gasteiger partial charge in [-0.1, -0.05) is 12.1 Å². The van der Waals surface area contributed by atoms with Gasteiger partial charge < -0.3 is 36.4 Å². The van der Waals surface area contributed by atoms with Crippen LogP contribution in [0.4, 0.5) is 0 Å². The molecule has 1 aromatic carbocycles. The highest BCUT2D eigenvalue weighted by molar-refractivity contribution is 6.25. The molecule has 3 aliphatic rings. The molecule has 33 heavy (non-hydrogen) atoms. The lowest BCUT2D eigenvalue weighted by Crippen LogP contribution is -2.70. The number of phenolic OH excluding ortho intramolecular Hbond substituents is 1. The highest BCUT2D eigenvalue weighted by atomic mass is 16.4. The summed E-state index contributed by atoms with van der Waals surface area (Å²) in [4.78, 5) is 39.8. The van der Waals surface area contributed by atoms with Gasteiger partial charge in [0.25, 0.3) is 5.91 Å². The Kier molecular flexibility index (Phi) is 4.78. The summed E-state index contributed by atoms with van der Waals surface area (Å²) in [6, 6.07) is 2.54. The van der Waals surface area contributed by atoms with E-state index in [4.69, 9.17) is 5.73 Å². The molecule has 0 saturated heterocycles. The maximum atomic E-state index is 13.3. The second kappa shape index (κ2) is 6.87. The molecule has 3 aliphatic carbocycles. The van der Waals surface area contributed by atoms with Crippen LogP contribution in [0, 0.1) is 11.8 Å². The number of fused-ring (bicyclic) bond motifs is 3. The predicted molar refractivity (Wildman–Crippen MR) is 111 cm³/mol. The van der Waals surface area contributed by atoms with E-state index in [0.29, 0.717) is 0 Å². The summed E-state index contributed by atoms with van der Waals surface area (Å²) in [6.07, 6.45) is -1.87. The summed E-state index contributed by atoms with van der Waals surface area (Å²) in [7, 11) is 2.85. The van der Waals surface area contributed by atoms with Crippen molar-refractivity contribution >= 4 is 17.5 Å². The first-order valence-corrected chi connectivity index (χ1v) is 10.1. The molecule has 0 fully saturated rings. The minimum absolute atomic E-state index is 0.0281. The number of aliphatic hydroxyl groups excluding tert-OH is 3. The van der Waals surface area contributed by atoms with E-state index >= 15 is 0 Å². The lowest BCUT2D eigenvalue weighted by Gasteiger charge is -2.55. The average molecular weight is 460 g/mol. The van der Waals surface area contributed by atoms with Gasteiger partial charge in [-0.3, -0.25) is 19.3 Å². The van der Waals surface area contributed by atoms with Gasteiger partial charge >= 0.3 is 0 Å². The molecule has 11 heteroatoms. The second-order valence-corrected chi connectivity index (χ2v) is 9.06. The number of benzene rings is 1. The number of carbonyl (C=O) groups is 3. The third-order valence-corrected chi connectivity index (χ3v) is 7.04. The number of nitrogens with two attached hydrogens (primary N) is 1. The van der Waals surface area contributed by atoms with Gasteiger partial charge in [-0.05, 0) is 32.6 Å². The van der Waals surface area contributed by atoms with Crippen molar-refractivity contribution in [3.8, 4) is 5.75 Å². The maximum absolute atomic E-state index is 13.3. The number of phenols is 1. The Labute approximate surface area is 187 Å². The number of aromatic hydroxyl groups is 1. The molecule has 0 bridgehead atoms.